The second-order valence-corrected chi connectivity index (χ2v) is 2.93. The second kappa shape index (κ2) is 2.76. The zero-order valence-electron chi connectivity index (χ0n) is 7.24. The van der Waals surface area contributed by atoms with Crippen LogP contribution in [0.4, 0.5) is 10.1 Å². The number of aromatic nitrogens is 2. The number of benzene rings is 1. The Balaban J connectivity index is 2.80. The van der Waals surface area contributed by atoms with Crippen molar-refractivity contribution in [3.8, 4) is 0 Å². The van der Waals surface area contributed by atoms with Crippen molar-refractivity contribution in [3.63, 3.8) is 0 Å². The lowest BCUT2D eigenvalue weighted by molar-refractivity contribution is -0.387. The molecule has 0 spiro atoms. The van der Waals surface area contributed by atoms with Gasteiger partial charge in [-0.05, 0) is 6.92 Å². The number of nitrogens with zero attached hydrogens (tertiary/aromatic N) is 2. The average Bonchev–Trinajstić information content (AvgIpc) is 2.46. The maximum Gasteiger partial charge on any atom is 0.305 e. The van der Waals surface area contributed by atoms with E-state index in [1.807, 2.05) is 0 Å². The number of H-pyrrole nitrogens is 1. The van der Waals surface area contributed by atoms with Crippen LogP contribution in [0.25, 0.3) is 10.9 Å². The van der Waals surface area contributed by atoms with Crippen molar-refractivity contribution in [1.82, 2.24) is 10.2 Å². The van der Waals surface area contributed by atoms with Crippen LogP contribution in [-0.2, 0) is 0 Å². The first kappa shape index (κ1) is 8.61. The second-order valence-electron chi connectivity index (χ2n) is 2.93. The summed E-state index contributed by atoms with van der Waals surface area (Å²) >= 11 is 0. The van der Waals surface area contributed by atoms with Crippen molar-refractivity contribution in [1.29, 1.82) is 0 Å². The van der Waals surface area contributed by atoms with E-state index < -0.39 is 16.4 Å². The highest BCUT2D eigenvalue weighted by molar-refractivity contribution is 5.83. The van der Waals surface area contributed by atoms with Crippen molar-refractivity contribution < 1.29 is 9.31 Å². The summed E-state index contributed by atoms with van der Waals surface area (Å²) in [5.41, 5.74) is 0.552. The van der Waals surface area contributed by atoms with E-state index >= 15 is 0 Å². The largest absolute Gasteiger partial charge is 0.305 e. The summed E-state index contributed by atoms with van der Waals surface area (Å²) in [6.07, 6.45) is 0. The van der Waals surface area contributed by atoms with Gasteiger partial charge in [0.2, 0.25) is 5.82 Å². The molecule has 0 bridgehead atoms. The Bertz CT molecular complexity index is 521. The molecular formula is C8H6FN3O2. The summed E-state index contributed by atoms with van der Waals surface area (Å²) < 4.78 is 13.1. The van der Waals surface area contributed by atoms with Gasteiger partial charge in [0.1, 0.15) is 0 Å². The van der Waals surface area contributed by atoms with Crippen LogP contribution in [0.15, 0.2) is 12.1 Å². The molecule has 14 heavy (non-hydrogen) atoms. The van der Waals surface area contributed by atoms with E-state index in [2.05, 4.69) is 10.2 Å². The van der Waals surface area contributed by atoms with Crippen LogP contribution in [0.3, 0.4) is 0 Å². The van der Waals surface area contributed by atoms with E-state index in [0.29, 0.717) is 16.6 Å². The zero-order valence-corrected chi connectivity index (χ0v) is 7.24. The third kappa shape index (κ3) is 1.12. The number of nitro groups is 1. The minimum absolute atomic E-state index is 0.394. The molecule has 2 rings (SSSR count). The van der Waals surface area contributed by atoms with Crippen molar-refractivity contribution in [2.45, 2.75) is 6.92 Å². The lowest BCUT2D eigenvalue weighted by atomic mass is 10.2. The quantitative estimate of drug-likeness (QED) is 0.558. The van der Waals surface area contributed by atoms with Crippen molar-refractivity contribution in [2.24, 2.45) is 0 Å². The van der Waals surface area contributed by atoms with E-state index in [1.165, 1.54) is 6.07 Å². The van der Waals surface area contributed by atoms with Crippen LogP contribution in [-0.4, -0.2) is 15.1 Å². The Morgan fingerprint density at radius 2 is 2.29 bits per heavy atom. The van der Waals surface area contributed by atoms with Crippen molar-refractivity contribution in [2.75, 3.05) is 0 Å². The highest BCUT2D eigenvalue weighted by atomic mass is 19.1. The smallest absolute Gasteiger partial charge is 0.282 e. The molecule has 6 heteroatoms. The van der Waals surface area contributed by atoms with Crippen LogP contribution in [0, 0.1) is 22.9 Å². The Labute approximate surface area is 77.7 Å². The average molecular weight is 195 g/mol. The number of hydrogen-bond donors (Lipinski definition) is 1. The third-order valence-corrected chi connectivity index (χ3v) is 2.01. The van der Waals surface area contributed by atoms with E-state index in [4.69, 9.17) is 0 Å². The fraction of sp³-hybridized carbons (Fsp3) is 0.125. The number of nitrogens with one attached hydrogen (secondary N) is 1. The minimum atomic E-state index is -0.867. The highest BCUT2D eigenvalue weighted by Gasteiger charge is 2.16. The van der Waals surface area contributed by atoms with Gasteiger partial charge in [0, 0.05) is 23.2 Å². The van der Waals surface area contributed by atoms with Gasteiger partial charge in [-0.15, -0.1) is 0 Å². The molecule has 0 radical (unpaired) electrons. The first-order chi connectivity index (χ1) is 6.59. The lowest BCUT2D eigenvalue weighted by Gasteiger charge is -1.93. The molecule has 2 aromatic rings. The van der Waals surface area contributed by atoms with Crippen LogP contribution >= 0.6 is 0 Å². The number of aryl methyl sites for hydroxylation is 1. The predicted octanol–water partition coefficient (Wildman–Crippen LogP) is 1.92. The molecule has 0 fully saturated rings. The Kier molecular flexibility index (Phi) is 1.70. The first-order valence-electron chi connectivity index (χ1n) is 3.88. The van der Waals surface area contributed by atoms with E-state index in [-0.39, 0.29) is 0 Å². The van der Waals surface area contributed by atoms with Gasteiger partial charge >= 0.3 is 5.69 Å². The molecule has 0 amide bonds. The molecule has 1 heterocycles. The van der Waals surface area contributed by atoms with Crippen molar-refractivity contribution in [3.05, 3.63) is 33.8 Å². The summed E-state index contributed by atoms with van der Waals surface area (Å²) in [6, 6.07) is 2.24. The fourth-order valence-corrected chi connectivity index (χ4v) is 1.29. The van der Waals surface area contributed by atoms with E-state index in [9.17, 15) is 14.5 Å². The third-order valence-electron chi connectivity index (χ3n) is 2.01. The standard InChI is InChI=1S/C8H6FN3O2/c1-4-5-2-8(12(13)14)6(9)3-7(5)11-10-4/h2-3H,1H3,(H,10,11). The molecule has 5 nitrogen and oxygen atoms in total. The molecule has 1 N–H and O–H groups in total. The maximum atomic E-state index is 13.1. The normalized spacial score (nSPS) is 10.7. The summed E-state index contributed by atoms with van der Waals surface area (Å²) in [7, 11) is 0. The molecule has 0 aliphatic rings. The SMILES string of the molecule is Cc1[nH]nc2cc(F)c([N+](=O)[O-])cc12. The summed E-state index contributed by atoms with van der Waals surface area (Å²) in [5.74, 6) is -0.867. The lowest BCUT2D eigenvalue weighted by Crippen LogP contribution is -1.92. The molecular weight excluding hydrogens is 189 g/mol. The van der Waals surface area contributed by atoms with Gasteiger partial charge in [-0.25, -0.2) is 0 Å². The summed E-state index contributed by atoms with van der Waals surface area (Å²) in [5, 5.41) is 17.4. The Morgan fingerprint density at radius 3 is 2.93 bits per heavy atom. The van der Waals surface area contributed by atoms with E-state index in [0.717, 1.165) is 6.07 Å². The molecule has 0 saturated heterocycles. The zero-order chi connectivity index (χ0) is 10.3. The summed E-state index contributed by atoms with van der Waals surface area (Å²) in [4.78, 5) is 9.68. The monoisotopic (exact) mass is 195 g/mol. The summed E-state index contributed by atoms with van der Waals surface area (Å²) in [6.45, 7) is 1.72. The van der Waals surface area contributed by atoms with Crippen molar-refractivity contribution >= 4 is 16.6 Å². The Morgan fingerprint density at radius 1 is 1.57 bits per heavy atom. The molecule has 1 aromatic carbocycles. The van der Waals surface area contributed by atoms with Crippen LogP contribution in [0.2, 0.25) is 0 Å². The number of hydrogen-bond acceptors (Lipinski definition) is 3. The fourth-order valence-electron chi connectivity index (χ4n) is 1.29. The van der Waals surface area contributed by atoms with Crippen LogP contribution in [0.1, 0.15) is 5.69 Å². The minimum Gasteiger partial charge on any atom is -0.282 e. The van der Waals surface area contributed by atoms with E-state index in [1.54, 1.807) is 6.92 Å². The molecule has 72 valence electrons. The van der Waals surface area contributed by atoms with Crippen LogP contribution < -0.4 is 0 Å². The topological polar surface area (TPSA) is 71.8 Å². The van der Waals surface area contributed by atoms with Gasteiger partial charge in [0.05, 0.1) is 10.4 Å². The van der Waals surface area contributed by atoms with Gasteiger partial charge in [0.15, 0.2) is 0 Å². The predicted molar refractivity (Wildman–Crippen MR) is 47.4 cm³/mol. The molecule has 0 saturated carbocycles. The van der Waals surface area contributed by atoms with Gasteiger partial charge in [0.25, 0.3) is 0 Å². The first-order valence-corrected chi connectivity index (χ1v) is 3.88. The number of rotatable bonds is 1. The highest BCUT2D eigenvalue weighted by Crippen LogP contribution is 2.24. The number of fused-ring (bicyclic) bond motifs is 1. The number of aromatic amines is 1. The maximum absolute atomic E-state index is 13.1. The Hall–Kier alpha value is -1.98. The van der Waals surface area contributed by atoms with Gasteiger partial charge in [-0.3, -0.25) is 15.2 Å². The molecule has 0 atom stereocenters. The van der Waals surface area contributed by atoms with Gasteiger partial charge < -0.3 is 0 Å². The van der Waals surface area contributed by atoms with Gasteiger partial charge in [-0.1, -0.05) is 0 Å². The number of halogens is 1. The molecule has 0 aliphatic heterocycles. The molecule has 1 aromatic heterocycles. The molecule has 0 aliphatic carbocycles. The van der Waals surface area contributed by atoms with Crippen LogP contribution in [0.5, 0.6) is 0 Å². The number of nitro benzene ring substituents is 1. The molecule has 0 unspecified atom stereocenters. The van der Waals surface area contributed by atoms with Gasteiger partial charge in [-0.2, -0.15) is 9.49 Å².